The van der Waals surface area contributed by atoms with Crippen LogP contribution in [0.25, 0.3) is 6.08 Å². The van der Waals surface area contributed by atoms with E-state index in [2.05, 4.69) is 10.3 Å². The number of para-hydroxylation sites is 1. The molecule has 0 radical (unpaired) electrons. The fourth-order valence-electron chi connectivity index (χ4n) is 2.85. The molecular weight excluding hydrogens is 412 g/mol. The third-order valence-electron chi connectivity index (χ3n) is 4.34. The number of nitrogens with one attached hydrogen (secondary N) is 1. The smallest absolute Gasteiger partial charge is 0.343 e. The number of hydrogen-bond donors (Lipinski definition) is 1. The van der Waals surface area contributed by atoms with Crippen LogP contribution in [-0.4, -0.2) is 24.2 Å². The minimum Gasteiger partial charge on any atom is -0.493 e. The molecule has 6 nitrogen and oxygen atoms in total. The molecule has 7 heteroatoms. The highest BCUT2D eigenvalue weighted by atomic mass is 32.2. The molecule has 154 valence electrons. The van der Waals surface area contributed by atoms with Gasteiger partial charge in [0.2, 0.25) is 0 Å². The van der Waals surface area contributed by atoms with Gasteiger partial charge in [0.25, 0.3) is 5.91 Å². The molecule has 0 aromatic heterocycles. The van der Waals surface area contributed by atoms with E-state index in [4.69, 9.17) is 9.47 Å². The minimum atomic E-state index is -0.492. The number of hydrogen-bond acceptors (Lipinski definition) is 6. The zero-order valence-corrected chi connectivity index (χ0v) is 17.4. The summed E-state index contributed by atoms with van der Waals surface area (Å²) in [6.45, 7) is 0. The lowest BCUT2D eigenvalue weighted by molar-refractivity contribution is -0.115. The molecule has 3 aromatic rings. The average molecular weight is 430 g/mol. The van der Waals surface area contributed by atoms with Crippen LogP contribution in [-0.2, 0) is 4.79 Å². The topological polar surface area (TPSA) is 77.0 Å². The van der Waals surface area contributed by atoms with E-state index in [-0.39, 0.29) is 11.7 Å². The van der Waals surface area contributed by atoms with Crippen LogP contribution >= 0.6 is 11.8 Å². The highest BCUT2D eigenvalue weighted by Crippen LogP contribution is 2.32. The number of carbonyl (C=O) groups is 2. The molecule has 0 atom stereocenters. The van der Waals surface area contributed by atoms with Crippen LogP contribution in [0.3, 0.4) is 0 Å². The van der Waals surface area contributed by atoms with Gasteiger partial charge in [-0.1, -0.05) is 42.5 Å². The lowest BCUT2D eigenvalue weighted by Gasteiger charge is -2.10. The summed E-state index contributed by atoms with van der Waals surface area (Å²) in [7, 11) is 1.50. The zero-order chi connectivity index (χ0) is 21.6. The molecule has 0 unspecified atom stereocenters. The Hall–Kier alpha value is -3.84. The molecule has 1 N–H and O–H groups in total. The molecule has 31 heavy (non-hydrogen) atoms. The normalized spacial score (nSPS) is 15.7. The Morgan fingerprint density at radius 3 is 2.39 bits per heavy atom. The highest BCUT2D eigenvalue weighted by molar-refractivity contribution is 8.18. The van der Waals surface area contributed by atoms with Crippen molar-refractivity contribution in [2.75, 3.05) is 7.11 Å². The van der Waals surface area contributed by atoms with Gasteiger partial charge in [-0.2, -0.15) is 0 Å². The SMILES string of the molecule is COc1ccc(/C=C2\SC(=Nc3ccccc3)NC2=O)cc1OC(=O)c1ccccc1. The molecular formula is C24H18N2O4S. The summed E-state index contributed by atoms with van der Waals surface area (Å²) in [6.07, 6.45) is 1.72. The van der Waals surface area contributed by atoms with Gasteiger partial charge >= 0.3 is 5.97 Å². The Bertz CT molecular complexity index is 1170. The highest BCUT2D eigenvalue weighted by Gasteiger charge is 2.24. The van der Waals surface area contributed by atoms with Crippen molar-refractivity contribution in [2.24, 2.45) is 4.99 Å². The molecule has 1 amide bonds. The van der Waals surface area contributed by atoms with Crippen molar-refractivity contribution in [1.82, 2.24) is 5.32 Å². The number of carbonyl (C=O) groups excluding carboxylic acids is 2. The van der Waals surface area contributed by atoms with E-state index >= 15 is 0 Å². The van der Waals surface area contributed by atoms with Crippen molar-refractivity contribution in [3.8, 4) is 11.5 Å². The van der Waals surface area contributed by atoms with Crippen LogP contribution in [0.1, 0.15) is 15.9 Å². The molecule has 4 rings (SSSR count). The molecule has 1 aliphatic rings. The first kappa shape index (κ1) is 20.4. The van der Waals surface area contributed by atoms with Crippen LogP contribution in [0.4, 0.5) is 5.69 Å². The van der Waals surface area contributed by atoms with Gasteiger partial charge in [-0.15, -0.1) is 0 Å². The van der Waals surface area contributed by atoms with E-state index in [0.29, 0.717) is 26.9 Å². The molecule has 1 aliphatic heterocycles. The van der Waals surface area contributed by atoms with Crippen LogP contribution in [0.15, 0.2) is 88.8 Å². The van der Waals surface area contributed by atoms with Crippen molar-refractivity contribution >= 4 is 40.6 Å². The molecule has 1 saturated heterocycles. The van der Waals surface area contributed by atoms with Gasteiger partial charge in [0.15, 0.2) is 16.7 Å². The van der Waals surface area contributed by atoms with Gasteiger partial charge in [-0.25, -0.2) is 9.79 Å². The lowest BCUT2D eigenvalue weighted by Crippen LogP contribution is -2.19. The number of methoxy groups -OCH3 is 1. The molecule has 0 bridgehead atoms. The van der Waals surface area contributed by atoms with Crippen molar-refractivity contribution in [3.05, 3.63) is 94.9 Å². The van der Waals surface area contributed by atoms with Crippen LogP contribution in [0.2, 0.25) is 0 Å². The van der Waals surface area contributed by atoms with Crippen molar-refractivity contribution < 1.29 is 19.1 Å². The number of benzene rings is 3. The molecule has 3 aromatic carbocycles. The third kappa shape index (κ3) is 5.02. The minimum absolute atomic E-state index is 0.238. The van der Waals surface area contributed by atoms with E-state index < -0.39 is 5.97 Å². The van der Waals surface area contributed by atoms with Crippen LogP contribution in [0.5, 0.6) is 11.5 Å². The maximum Gasteiger partial charge on any atom is 0.343 e. The van der Waals surface area contributed by atoms with E-state index in [1.54, 1.807) is 48.5 Å². The first-order valence-electron chi connectivity index (χ1n) is 9.42. The predicted octanol–water partition coefficient (Wildman–Crippen LogP) is 4.81. The average Bonchev–Trinajstić information content (AvgIpc) is 3.13. The summed E-state index contributed by atoms with van der Waals surface area (Å²) < 4.78 is 10.8. The van der Waals surface area contributed by atoms with Crippen molar-refractivity contribution in [3.63, 3.8) is 0 Å². The largest absolute Gasteiger partial charge is 0.493 e. The molecule has 1 heterocycles. The fourth-order valence-corrected chi connectivity index (χ4v) is 3.69. The van der Waals surface area contributed by atoms with Crippen molar-refractivity contribution in [1.29, 1.82) is 0 Å². The summed E-state index contributed by atoms with van der Waals surface area (Å²) in [6, 6.07) is 23.2. The first-order chi connectivity index (χ1) is 15.1. The molecule has 0 saturated carbocycles. The number of nitrogens with zero attached hydrogens (tertiary/aromatic N) is 1. The van der Waals surface area contributed by atoms with E-state index in [1.165, 1.54) is 18.9 Å². The fraction of sp³-hybridized carbons (Fsp3) is 0.0417. The number of rotatable bonds is 5. The number of ether oxygens (including phenoxy) is 2. The third-order valence-corrected chi connectivity index (χ3v) is 5.25. The standard InChI is InChI=1S/C24H18N2O4S/c1-29-19-13-12-16(14-20(19)30-23(28)17-8-4-2-5-9-17)15-21-22(27)26-24(31-21)25-18-10-6-3-7-11-18/h2-15H,1H3,(H,25,26,27)/b21-15-. The summed E-state index contributed by atoms with van der Waals surface area (Å²) in [5, 5.41) is 3.27. The summed E-state index contributed by atoms with van der Waals surface area (Å²) in [4.78, 5) is 29.7. The monoisotopic (exact) mass is 430 g/mol. The van der Waals surface area contributed by atoms with Crippen molar-refractivity contribution in [2.45, 2.75) is 0 Å². The summed E-state index contributed by atoms with van der Waals surface area (Å²) >= 11 is 1.25. The quantitative estimate of drug-likeness (QED) is 0.357. The van der Waals surface area contributed by atoms with Gasteiger partial charge in [-0.3, -0.25) is 4.79 Å². The second-order valence-electron chi connectivity index (χ2n) is 6.48. The Morgan fingerprint density at radius 1 is 0.968 bits per heavy atom. The summed E-state index contributed by atoms with van der Waals surface area (Å²) in [5.74, 6) is -0.0409. The maximum atomic E-state index is 12.4. The van der Waals surface area contributed by atoms with Gasteiger partial charge < -0.3 is 14.8 Å². The number of aliphatic imine (C=N–C) groups is 1. The van der Waals surface area contributed by atoms with Crippen LogP contribution < -0.4 is 14.8 Å². The van der Waals surface area contributed by atoms with Gasteiger partial charge in [0.05, 0.1) is 23.3 Å². The molecule has 0 spiro atoms. The Morgan fingerprint density at radius 2 is 1.68 bits per heavy atom. The number of thioether (sulfide) groups is 1. The van der Waals surface area contributed by atoms with Gasteiger partial charge in [-0.05, 0) is 59.8 Å². The van der Waals surface area contributed by atoms with E-state index in [1.807, 2.05) is 36.4 Å². The van der Waals surface area contributed by atoms with Gasteiger partial charge in [0.1, 0.15) is 0 Å². The molecule has 1 fully saturated rings. The Kier molecular flexibility index (Phi) is 6.14. The predicted molar refractivity (Wildman–Crippen MR) is 122 cm³/mol. The summed E-state index contributed by atoms with van der Waals surface area (Å²) in [5.41, 5.74) is 1.88. The van der Waals surface area contributed by atoms with E-state index in [0.717, 1.165) is 5.69 Å². The maximum absolute atomic E-state index is 12.4. The lowest BCUT2D eigenvalue weighted by atomic mass is 10.1. The first-order valence-corrected chi connectivity index (χ1v) is 10.2. The van der Waals surface area contributed by atoms with Gasteiger partial charge in [0, 0.05) is 0 Å². The second-order valence-corrected chi connectivity index (χ2v) is 7.51. The number of amidine groups is 1. The van der Waals surface area contributed by atoms with E-state index in [9.17, 15) is 9.59 Å². The Labute approximate surface area is 183 Å². The second kappa shape index (κ2) is 9.32. The number of esters is 1. The number of amides is 1. The molecule has 0 aliphatic carbocycles. The Balaban J connectivity index is 1.56. The van der Waals surface area contributed by atoms with Crippen LogP contribution in [0, 0.1) is 0 Å². The zero-order valence-electron chi connectivity index (χ0n) is 16.6.